The molecule has 2 rings (SSSR count). The Balaban J connectivity index is 1.86. The van der Waals surface area contributed by atoms with Crippen LogP contribution in [0.15, 0.2) is 30.3 Å². The van der Waals surface area contributed by atoms with Crippen molar-refractivity contribution in [3.63, 3.8) is 0 Å². The molecule has 3 atom stereocenters. The highest BCUT2D eigenvalue weighted by Crippen LogP contribution is 2.28. The zero-order valence-electron chi connectivity index (χ0n) is 12.4. The lowest BCUT2D eigenvalue weighted by Crippen LogP contribution is -2.50. The summed E-state index contributed by atoms with van der Waals surface area (Å²) in [5, 5.41) is 0. The molecule has 2 N–H and O–H groups in total. The second kappa shape index (κ2) is 7.06. The lowest BCUT2D eigenvalue weighted by Gasteiger charge is -2.39. The molecular weight excluding hydrogens is 232 g/mol. The Hall–Kier alpha value is -0.860. The lowest BCUT2D eigenvalue weighted by molar-refractivity contribution is 0.136. The maximum absolute atomic E-state index is 6.32. The van der Waals surface area contributed by atoms with Gasteiger partial charge in [-0.2, -0.15) is 0 Å². The van der Waals surface area contributed by atoms with Crippen molar-refractivity contribution in [1.29, 1.82) is 0 Å². The molecular formula is C17H28N2. The molecule has 3 unspecified atom stereocenters. The summed E-state index contributed by atoms with van der Waals surface area (Å²) in [5.41, 5.74) is 7.75. The van der Waals surface area contributed by atoms with Crippen LogP contribution in [0.5, 0.6) is 0 Å². The third-order valence-corrected chi connectivity index (χ3v) is 4.72. The average Bonchev–Trinajstić information content (AvgIpc) is 2.46. The number of nitrogens with two attached hydrogens (primary N) is 1. The van der Waals surface area contributed by atoms with E-state index in [1.807, 2.05) is 0 Å². The molecule has 1 aliphatic carbocycles. The molecule has 0 amide bonds. The number of hydrogen-bond donors (Lipinski definition) is 1. The van der Waals surface area contributed by atoms with Crippen LogP contribution in [0.25, 0.3) is 0 Å². The summed E-state index contributed by atoms with van der Waals surface area (Å²) in [6.07, 6.45) is 6.22. The smallest absolute Gasteiger partial charge is 0.0246 e. The lowest BCUT2D eigenvalue weighted by atomic mass is 9.80. The monoisotopic (exact) mass is 260 g/mol. The van der Waals surface area contributed by atoms with Gasteiger partial charge in [-0.25, -0.2) is 0 Å². The summed E-state index contributed by atoms with van der Waals surface area (Å²) in [6.45, 7) is 3.42. The predicted octanol–water partition coefficient (Wildman–Crippen LogP) is 3.07. The van der Waals surface area contributed by atoms with Gasteiger partial charge in [0.25, 0.3) is 0 Å². The van der Waals surface area contributed by atoms with Crippen LogP contribution in [0.2, 0.25) is 0 Å². The first-order valence-corrected chi connectivity index (χ1v) is 7.70. The minimum absolute atomic E-state index is 0.364. The number of rotatable bonds is 5. The molecule has 19 heavy (non-hydrogen) atoms. The topological polar surface area (TPSA) is 29.3 Å². The van der Waals surface area contributed by atoms with Gasteiger partial charge in [0.05, 0.1) is 0 Å². The van der Waals surface area contributed by atoms with E-state index in [2.05, 4.69) is 49.2 Å². The van der Waals surface area contributed by atoms with E-state index in [1.54, 1.807) is 0 Å². The molecule has 2 nitrogen and oxygen atoms in total. The maximum Gasteiger partial charge on any atom is 0.0246 e. The van der Waals surface area contributed by atoms with Gasteiger partial charge < -0.3 is 10.6 Å². The largest absolute Gasteiger partial charge is 0.326 e. The highest BCUT2D eigenvalue weighted by molar-refractivity contribution is 5.14. The molecule has 2 heteroatoms. The van der Waals surface area contributed by atoms with Gasteiger partial charge in [0.2, 0.25) is 0 Å². The quantitative estimate of drug-likeness (QED) is 0.881. The fourth-order valence-electron chi connectivity index (χ4n) is 3.25. The Morgan fingerprint density at radius 3 is 2.63 bits per heavy atom. The van der Waals surface area contributed by atoms with Gasteiger partial charge in [-0.1, -0.05) is 43.7 Å². The minimum Gasteiger partial charge on any atom is -0.326 e. The summed E-state index contributed by atoms with van der Waals surface area (Å²) in [5.74, 6) is 0.879. The Kier molecular flexibility index (Phi) is 5.41. The Labute approximate surface area is 118 Å². The molecule has 0 aromatic heterocycles. The second-order valence-corrected chi connectivity index (χ2v) is 6.03. The van der Waals surface area contributed by atoms with Crippen molar-refractivity contribution in [3.05, 3.63) is 35.9 Å². The maximum atomic E-state index is 6.32. The highest BCUT2D eigenvalue weighted by Gasteiger charge is 2.29. The van der Waals surface area contributed by atoms with Gasteiger partial charge in [0.15, 0.2) is 0 Å². The SMILES string of the molecule is CCC1CCC(N)C(N(C)CCc2ccccc2)C1. The van der Waals surface area contributed by atoms with Crippen LogP contribution in [-0.4, -0.2) is 30.6 Å². The first-order valence-electron chi connectivity index (χ1n) is 7.70. The average molecular weight is 260 g/mol. The van der Waals surface area contributed by atoms with Gasteiger partial charge in [0.1, 0.15) is 0 Å². The van der Waals surface area contributed by atoms with Crippen molar-refractivity contribution in [1.82, 2.24) is 4.90 Å². The van der Waals surface area contributed by atoms with Crippen molar-refractivity contribution < 1.29 is 0 Å². The Morgan fingerprint density at radius 2 is 1.95 bits per heavy atom. The Morgan fingerprint density at radius 1 is 1.21 bits per heavy atom. The summed E-state index contributed by atoms with van der Waals surface area (Å²) in [6, 6.07) is 11.7. The Bertz CT molecular complexity index is 363. The molecule has 1 aromatic carbocycles. The van der Waals surface area contributed by atoms with Gasteiger partial charge in [-0.05, 0) is 44.2 Å². The molecule has 1 fully saturated rings. The van der Waals surface area contributed by atoms with Crippen LogP contribution >= 0.6 is 0 Å². The summed E-state index contributed by atoms with van der Waals surface area (Å²) >= 11 is 0. The highest BCUT2D eigenvalue weighted by atomic mass is 15.1. The van der Waals surface area contributed by atoms with E-state index < -0.39 is 0 Å². The zero-order valence-corrected chi connectivity index (χ0v) is 12.4. The van der Waals surface area contributed by atoms with Crippen LogP contribution in [0, 0.1) is 5.92 Å². The van der Waals surface area contributed by atoms with E-state index >= 15 is 0 Å². The second-order valence-electron chi connectivity index (χ2n) is 6.03. The van der Waals surface area contributed by atoms with E-state index in [4.69, 9.17) is 5.73 Å². The number of likely N-dealkylation sites (N-methyl/N-ethyl adjacent to an activating group) is 1. The summed E-state index contributed by atoms with van der Waals surface area (Å²) in [7, 11) is 2.24. The molecule has 1 saturated carbocycles. The van der Waals surface area contributed by atoms with Crippen LogP contribution in [0.4, 0.5) is 0 Å². The van der Waals surface area contributed by atoms with E-state index in [1.165, 1.54) is 31.2 Å². The predicted molar refractivity (Wildman–Crippen MR) is 82.2 cm³/mol. The molecule has 1 aliphatic rings. The third kappa shape index (κ3) is 4.05. The van der Waals surface area contributed by atoms with E-state index in [0.29, 0.717) is 12.1 Å². The zero-order chi connectivity index (χ0) is 13.7. The molecule has 0 radical (unpaired) electrons. The van der Waals surface area contributed by atoms with Crippen LogP contribution in [0.3, 0.4) is 0 Å². The number of benzene rings is 1. The van der Waals surface area contributed by atoms with Gasteiger partial charge >= 0.3 is 0 Å². The standard InChI is InChI=1S/C17H28N2/c1-3-14-9-10-16(18)17(13-14)19(2)12-11-15-7-5-4-6-8-15/h4-8,14,16-17H,3,9-13,18H2,1-2H3. The van der Waals surface area contributed by atoms with Crippen molar-refractivity contribution in [2.45, 2.75) is 51.1 Å². The van der Waals surface area contributed by atoms with Crippen LogP contribution in [-0.2, 0) is 6.42 Å². The van der Waals surface area contributed by atoms with Gasteiger partial charge in [0, 0.05) is 18.6 Å². The first-order chi connectivity index (χ1) is 9.20. The number of nitrogens with zero attached hydrogens (tertiary/aromatic N) is 1. The van der Waals surface area contributed by atoms with Crippen molar-refractivity contribution in [3.8, 4) is 0 Å². The molecule has 0 spiro atoms. The van der Waals surface area contributed by atoms with E-state index in [0.717, 1.165) is 18.9 Å². The molecule has 0 heterocycles. The molecule has 1 aromatic rings. The van der Waals surface area contributed by atoms with Crippen molar-refractivity contribution >= 4 is 0 Å². The van der Waals surface area contributed by atoms with Crippen LogP contribution in [0.1, 0.15) is 38.2 Å². The fourth-order valence-corrected chi connectivity index (χ4v) is 3.25. The van der Waals surface area contributed by atoms with E-state index in [-0.39, 0.29) is 0 Å². The van der Waals surface area contributed by atoms with E-state index in [9.17, 15) is 0 Å². The fraction of sp³-hybridized carbons (Fsp3) is 0.647. The molecule has 0 aliphatic heterocycles. The molecule has 0 saturated heterocycles. The third-order valence-electron chi connectivity index (χ3n) is 4.72. The summed E-state index contributed by atoms with van der Waals surface area (Å²) in [4.78, 5) is 2.49. The first kappa shape index (κ1) is 14.5. The minimum atomic E-state index is 0.364. The summed E-state index contributed by atoms with van der Waals surface area (Å²) < 4.78 is 0. The normalized spacial score (nSPS) is 27.7. The number of hydrogen-bond acceptors (Lipinski definition) is 2. The van der Waals surface area contributed by atoms with Gasteiger partial charge in [-0.3, -0.25) is 0 Å². The van der Waals surface area contributed by atoms with Crippen LogP contribution < -0.4 is 5.73 Å². The molecule has 106 valence electrons. The molecule has 0 bridgehead atoms. The van der Waals surface area contributed by atoms with Gasteiger partial charge in [-0.15, -0.1) is 0 Å². The van der Waals surface area contributed by atoms with Crippen molar-refractivity contribution in [2.24, 2.45) is 11.7 Å². The van der Waals surface area contributed by atoms with Crippen molar-refractivity contribution in [2.75, 3.05) is 13.6 Å².